The third kappa shape index (κ3) is 13.0. The van der Waals surface area contributed by atoms with Gasteiger partial charge in [-0.2, -0.15) is 0 Å². The van der Waals surface area contributed by atoms with Gasteiger partial charge in [0.25, 0.3) is 0 Å². The molecule has 0 N–H and O–H groups in total. The highest BCUT2D eigenvalue weighted by atomic mass is 35.5. The Morgan fingerprint density at radius 2 is 0.972 bits per heavy atom. The Bertz CT molecular complexity index is 2760. The van der Waals surface area contributed by atoms with E-state index in [9.17, 15) is 16.8 Å². The van der Waals surface area contributed by atoms with E-state index in [-0.39, 0.29) is 47.4 Å². The molecule has 6 aromatic rings. The quantitative estimate of drug-likeness (QED) is 0.0796. The number of sulfone groups is 2. The first-order valence-electron chi connectivity index (χ1n) is 23.8. The summed E-state index contributed by atoms with van der Waals surface area (Å²) in [5.74, 6) is 1.50. The topological polar surface area (TPSA) is 244 Å². The highest BCUT2D eigenvalue weighted by molar-refractivity contribution is 7.91. The second kappa shape index (κ2) is 24.4. The first kappa shape index (κ1) is 54.8. The first-order valence-corrected chi connectivity index (χ1v) is 28.0. The molecule has 0 spiro atoms. The van der Waals surface area contributed by atoms with Crippen LogP contribution >= 0.6 is 23.2 Å². The summed E-state index contributed by atoms with van der Waals surface area (Å²) in [6, 6.07) is 10.9. The average Bonchev–Trinajstić information content (AvgIpc) is 3.99. The lowest BCUT2D eigenvalue weighted by Crippen LogP contribution is -2.32. The Hall–Kier alpha value is -4.94. The van der Waals surface area contributed by atoms with Crippen LogP contribution in [-0.4, -0.2) is 126 Å². The second-order valence-corrected chi connectivity index (χ2v) is 23.7. The zero-order valence-electron chi connectivity index (χ0n) is 41.7. The molecule has 0 bridgehead atoms. The lowest BCUT2D eigenvalue weighted by atomic mass is 10.0. The van der Waals surface area contributed by atoms with Gasteiger partial charge in [0.1, 0.15) is 46.8 Å². The van der Waals surface area contributed by atoms with E-state index in [1.165, 1.54) is 39.0 Å². The molecule has 2 fully saturated rings. The van der Waals surface area contributed by atoms with Gasteiger partial charge in [-0.25, -0.2) is 46.7 Å². The fourth-order valence-electron chi connectivity index (χ4n) is 8.96. The van der Waals surface area contributed by atoms with E-state index >= 15 is 0 Å². The van der Waals surface area contributed by atoms with Crippen molar-refractivity contribution in [3.8, 4) is 23.0 Å². The van der Waals surface area contributed by atoms with Crippen LogP contribution in [0.4, 0.5) is 0 Å². The summed E-state index contributed by atoms with van der Waals surface area (Å²) in [4.78, 5) is 25.8. The molecular formula is C48H62Cl2N12O8S2. The van der Waals surface area contributed by atoms with Gasteiger partial charge < -0.3 is 28.1 Å². The molecule has 388 valence electrons. The van der Waals surface area contributed by atoms with E-state index in [0.29, 0.717) is 57.9 Å². The minimum Gasteiger partial charge on any atom is -0.376 e. The normalized spacial score (nSPS) is 19.1. The molecule has 72 heavy (non-hydrogen) atoms. The van der Waals surface area contributed by atoms with Gasteiger partial charge in [-0.3, -0.25) is 0 Å². The van der Waals surface area contributed by atoms with Crippen LogP contribution in [0.5, 0.6) is 0 Å². The van der Waals surface area contributed by atoms with Crippen LogP contribution in [0.2, 0.25) is 10.0 Å². The van der Waals surface area contributed by atoms with E-state index in [4.69, 9.17) is 42.1 Å². The Labute approximate surface area is 430 Å². The minimum absolute atomic E-state index is 0.0774. The van der Waals surface area contributed by atoms with Crippen LogP contribution in [0.25, 0.3) is 23.0 Å². The van der Waals surface area contributed by atoms with Gasteiger partial charge in [0.15, 0.2) is 43.0 Å². The van der Waals surface area contributed by atoms with Crippen molar-refractivity contribution in [1.29, 1.82) is 0 Å². The SMILES string of the molecule is CO[C@H](c1ncc(Cl)cn1)[C@H](C)S(=O)(=O)Cc1nnc(-c2cccc(C)n2)n1[C@@H](C)[C@@H]1CCCCO1.CO[C@H](c1ncc(Cl)cn1)[C@H](C)S(=O)(=O)Cc1nnc(-c2cccc(C)n2)n1[C@@H](C)[C@H]1CCCCO1. The van der Waals surface area contributed by atoms with Gasteiger partial charge in [-0.1, -0.05) is 35.3 Å². The second-order valence-electron chi connectivity index (χ2n) is 18.1. The summed E-state index contributed by atoms with van der Waals surface area (Å²) in [6.45, 7) is 12.3. The number of aryl methyl sites for hydroxylation is 2. The number of rotatable bonds is 18. The Morgan fingerprint density at radius 1 is 0.597 bits per heavy atom. The van der Waals surface area contributed by atoms with E-state index < -0.39 is 42.4 Å². The van der Waals surface area contributed by atoms with Crippen molar-refractivity contribution < 1.29 is 35.8 Å². The van der Waals surface area contributed by atoms with Gasteiger partial charge in [-0.15, -0.1) is 20.4 Å². The number of methoxy groups -OCH3 is 2. The van der Waals surface area contributed by atoms with Crippen LogP contribution in [0.15, 0.2) is 61.2 Å². The van der Waals surface area contributed by atoms with Crippen molar-refractivity contribution in [1.82, 2.24) is 59.4 Å². The molecule has 8 heterocycles. The Kier molecular flexibility index (Phi) is 18.6. The third-order valence-electron chi connectivity index (χ3n) is 13.0. The molecule has 24 heteroatoms. The van der Waals surface area contributed by atoms with E-state index in [1.807, 2.05) is 73.2 Å². The number of hydrogen-bond acceptors (Lipinski definition) is 18. The average molecular weight is 1070 g/mol. The van der Waals surface area contributed by atoms with Crippen LogP contribution < -0.4 is 0 Å². The zero-order valence-corrected chi connectivity index (χ0v) is 44.8. The van der Waals surface area contributed by atoms with Crippen molar-refractivity contribution in [3.63, 3.8) is 0 Å². The van der Waals surface area contributed by atoms with Gasteiger partial charge >= 0.3 is 0 Å². The summed E-state index contributed by atoms with van der Waals surface area (Å²) < 4.78 is 81.2. The molecule has 8 atom stereocenters. The predicted octanol–water partition coefficient (Wildman–Crippen LogP) is 7.83. The molecule has 0 aromatic carbocycles. The highest BCUT2D eigenvalue weighted by Crippen LogP contribution is 2.34. The maximum atomic E-state index is 13.6. The standard InChI is InChI=1S/2C24H31ClN6O4S/c2*1-15-8-7-9-19(28-15)24-30-29-21(31(24)16(2)20-10-5-6-11-35-20)14-36(32,33)17(3)22(34-4)23-26-12-18(25)13-27-23/h2*7-9,12-13,16-17,20,22H,5-6,10-11,14H2,1-4H3/t16-,17-,20+,22-;16-,17-,20-,22-/m00/s1. The molecular weight excluding hydrogens is 1010 g/mol. The first-order chi connectivity index (χ1) is 34.4. The number of ether oxygens (including phenoxy) is 4. The molecule has 0 amide bonds. The summed E-state index contributed by atoms with van der Waals surface area (Å²) in [5.41, 5.74) is 2.92. The van der Waals surface area contributed by atoms with Crippen LogP contribution in [-0.2, 0) is 50.1 Å². The lowest BCUT2D eigenvalue weighted by Gasteiger charge is -2.30. The number of halogens is 2. The maximum absolute atomic E-state index is 13.6. The van der Waals surface area contributed by atoms with Crippen LogP contribution in [0.1, 0.15) is 125 Å². The third-order valence-corrected chi connectivity index (χ3v) is 17.5. The number of pyridine rings is 2. The number of nitrogens with zero attached hydrogens (tertiary/aromatic N) is 12. The summed E-state index contributed by atoms with van der Waals surface area (Å²) in [5, 5.41) is 16.2. The van der Waals surface area contributed by atoms with E-state index in [0.717, 1.165) is 49.9 Å². The Balaban J connectivity index is 0.000000211. The van der Waals surface area contributed by atoms with E-state index in [2.05, 4.69) is 50.3 Å². The largest absolute Gasteiger partial charge is 0.376 e. The Morgan fingerprint density at radius 3 is 1.29 bits per heavy atom. The fraction of sp³-hybridized carbons (Fsp3) is 0.542. The monoisotopic (exact) mass is 1070 g/mol. The minimum atomic E-state index is -3.77. The summed E-state index contributed by atoms with van der Waals surface area (Å²) >= 11 is 11.8. The molecule has 0 radical (unpaired) electrons. The molecule has 0 unspecified atom stereocenters. The molecule has 2 saturated heterocycles. The zero-order chi connectivity index (χ0) is 51.7. The van der Waals surface area contributed by atoms with Crippen molar-refractivity contribution in [2.24, 2.45) is 0 Å². The van der Waals surface area contributed by atoms with Crippen molar-refractivity contribution >= 4 is 42.9 Å². The van der Waals surface area contributed by atoms with Crippen LogP contribution in [0, 0.1) is 13.8 Å². The van der Waals surface area contributed by atoms with Gasteiger partial charge in [0.2, 0.25) is 0 Å². The molecule has 8 rings (SSSR count). The number of aromatic nitrogens is 12. The molecule has 2 aliphatic rings. The van der Waals surface area contributed by atoms with Crippen molar-refractivity contribution in [3.05, 3.63) is 106 Å². The predicted molar refractivity (Wildman–Crippen MR) is 270 cm³/mol. The van der Waals surface area contributed by atoms with Crippen molar-refractivity contribution in [2.75, 3.05) is 27.4 Å². The molecule has 20 nitrogen and oxygen atoms in total. The van der Waals surface area contributed by atoms with Gasteiger partial charge in [0, 0.05) is 63.6 Å². The van der Waals surface area contributed by atoms with Crippen molar-refractivity contribution in [2.45, 2.75) is 139 Å². The summed E-state index contributed by atoms with van der Waals surface area (Å²) in [6.07, 6.45) is 9.65. The lowest BCUT2D eigenvalue weighted by molar-refractivity contribution is -0.0125. The summed E-state index contributed by atoms with van der Waals surface area (Å²) in [7, 11) is -4.68. The number of hydrogen-bond donors (Lipinski definition) is 0. The smallest absolute Gasteiger partial charge is 0.182 e. The molecule has 0 saturated carbocycles. The van der Waals surface area contributed by atoms with Crippen LogP contribution in [0.3, 0.4) is 0 Å². The highest BCUT2D eigenvalue weighted by Gasteiger charge is 2.38. The molecule has 0 aliphatic carbocycles. The fourth-order valence-corrected chi connectivity index (χ4v) is 12.0. The maximum Gasteiger partial charge on any atom is 0.182 e. The van der Waals surface area contributed by atoms with Gasteiger partial charge in [-0.05, 0) is 104 Å². The molecule has 2 aliphatic heterocycles. The van der Waals surface area contributed by atoms with E-state index in [1.54, 1.807) is 13.8 Å². The molecule has 6 aromatic heterocycles. The van der Waals surface area contributed by atoms with Gasteiger partial charge in [0.05, 0.1) is 44.8 Å².